The number of amides is 1. The SMILES string of the molecule is CCCCCCCCCCNC(=O)CCCN(C)C. The van der Waals surface area contributed by atoms with E-state index in [4.69, 9.17) is 0 Å². The standard InChI is InChI=1S/C16H34N2O/c1-4-5-6-7-8-9-10-11-14-17-16(19)13-12-15-18(2)3/h4-15H2,1-3H3,(H,17,19). The third kappa shape index (κ3) is 15.4. The van der Waals surface area contributed by atoms with Gasteiger partial charge >= 0.3 is 0 Å². The molecule has 114 valence electrons. The van der Waals surface area contributed by atoms with Gasteiger partial charge in [-0.25, -0.2) is 0 Å². The Bertz CT molecular complexity index is 205. The van der Waals surface area contributed by atoms with Gasteiger partial charge < -0.3 is 10.2 Å². The van der Waals surface area contributed by atoms with Crippen LogP contribution in [0, 0.1) is 0 Å². The lowest BCUT2D eigenvalue weighted by Crippen LogP contribution is -2.25. The number of unbranched alkanes of at least 4 members (excludes halogenated alkanes) is 7. The van der Waals surface area contributed by atoms with Gasteiger partial charge in [0.05, 0.1) is 0 Å². The summed E-state index contributed by atoms with van der Waals surface area (Å²) in [4.78, 5) is 13.6. The quantitative estimate of drug-likeness (QED) is 0.519. The first kappa shape index (κ1) is 18.4. The summed E-state index contributed by atoms with van der Waals surface area (Å²) in [6, 6.07) is 0. The van der Waals surface area contributed by atoms with E-state index in [2.05, 4.69) is 17.1 Å². The van der Waals surface area contributed by atoms with E-state index in [1.54, 1.807) is 0 Å². The molecule has 0 atom stereocenters. The number of nitrogens with zero attached hydrogens (tertiary/aromatic N) is 1. The normalized spacial score (nSPS) is 10.9. The van der Waals surface area contributed by atoms with Crippen LogP contribution in [0.15, 0.2) is 0 Å². The zero-order valence-electron chi connectivity index (χ0n) is 13.3. The fourth-order valence-corrected chi connectivity index (χ4v) is 2.13. The van der Waals surface area contributed by atoms with Crippen molar-refractivity contribution in [3.8, 4) is 0 Å². The van der Waals surface area contributed by atoms with Crippen LogP contribution in [0.1, 0.15) is 71.1 Å². The Hall–Kier alpha value is -0.570. The Morgan fingerprint density at radius 2 is 1.47 bits per heavy atom. The van der Waals surface area contributed by atoms with Gasteiger partial charge in [-0.15, -0.1) is 0 Å². The Kier molecular flexibility index (Phi) is 13.4. The molecule has 0 saturated heterocycles. The maximum atomic E-state index is 11.5. The first-order chi connectivity index (χ1) is 9.16. The van der Waals surface area contributed by atoms with Gasteiger partial charge in [0.2, 0.25) is 5.91 Å². The molecule has 0 aromatic carbocycles. The summed E-state index contributed by atoms with van der Waals surface area (Å²) in [5.74, 6) is 0.213. The predicted molar refractivity (Wildman–Crippen MR) is 83.4 cm³/mol. The average Bonchev–Trinajstić information content (AvgIpc) is 2.36. The van der Waals surface area contributed by atoms with Crippen molar-refractivity contribution in [3.63, 3.8) is 0 Å². The van der Waals surface area contributed by atoms with Crippen LogP contribution in [-0.4, -0.2) is 38.0 Å². The molecule has 19 heavy (non-hydrogen) atoms. The molecule has 0 heterocycles. The molecular formula is C16H34N2O. The molecule has 0 radical (unpaired) electrons. The van der Waals surface area contributed by atoms with Crippen molar-refractivity contribution in [2.45, 2.75) is 71.1 Å². The number of hydrogen-bond acceptors (Lipinski definition) is 2. The molecule has 0 aliphatic carbocycles. The molecule has 0 fully saturated rings. The van der Waals surface area contributed by atoms with Crippen molar-refractivity contribution in [1.29, 1.82) is 0 Å². The minimum Gasteiger partial charge on any atom is -0.356 e. The van der Waals surface area contributed by atoms with Gasteiger partial charge in [0, 0.05) is 13.0 Å². The predicted octanol–water partition coefficient (Wildman–Crippen LogP) is 3.59. The van der Waals surface area contributed by atoms with Crippen molar-refractivity contribution in [2.24, 2.45) is 0 Å². The van der Waals surface area contributed by atoms with E-state index >= 15 is 0 Å². The summed E-state index contributed by atoms with van der Waals surface area (Å²) in [6.07, 6.45) is 12.1. The molecule has 1 amide bonds. The maximum absolute atomic E-state index is 11.5. The van der Waals surface area contributed by atoms with Crippen molar-refractivity contribution in [3.05, 3.63) is 0 Å². The van der Waals surface area contributed by atoms with Gasteiger partial charge in [0.1, 0.15) is 0 Å². The smallest absolute Gasteiger partial charge is 0.220 e. The topological polar surface area (TPSA) is 32.3 Å². The van der Waals surface area contributed by atoms with Gasteiger partial charge in [0.25, 0.3) is 0 Å². The Morgan fingerprint density at radius 3 is 2.05 bits per heavy atom. The summed E-state index contributed by atoms with van der Waals surface area (Å²) in [6.45, 7) is 4.10. The number of carbonyl (C=O) groups excluding carboxylic acids is 1. The second-order valence-electron chi connectivity index (χ2n) is 5.73. The third-order valence-corrected chi connectivity index (χ3v) is 3.36. The molecular weight excluding hydrogens is 236 g/mol. The zero-order chi connectivity index (χ0) is 14.3. The lowest BCUT2D eigenvalue weighted by Gasteiger charge is -2.09. The van der Waals surface area contributed by atoms with Gasteiger partial charge in [-0.1, -0.05) is 51.9 Å². The molecule has 0 aromatic heterocycles. The molecule has 3 heteroatoms. The molecule has 0 aromatic rings. The monoisotopic (exact) mass is 270 g/mol. The van der Waals surface area contributed by atoms with Gasteiger partial charge in [0.15, 0.2) is 0 Å². The van der Waals surface area contributed by atoms with E-state index in [1.807, 2.05) is 14.1 Å². The molecule has 0 saturated carbocycles. The highest BCUT2D eigenvalue weighted by Gasteiger charge is 2.00. The Morgan fingerprint density at radius 1 is 0.895 bits per heavy atom. The lowest BCUT2D eigenvalue weighted by molar-refractivity contribution is -0.121. The van der Waals surface area contributed by atoms with Crippen molar-refractivity contribution >= 4 is 5.91 Å². The fourth-order valence-electron chi connectivity index (χ4n) is 2.13. The van der Waals surface area contributed by atoms with E-state index in [9.17, 15) is 4.79 Å². The zero-order valence-corrected chi connectivity index (χ0v) is 13.3. The van der Waals surface area contributed by atoms with Crippen LogP contribution in [-0.2, 0) is 4.79 Å². The second kappa shape index (κ2) is 13.9. The van der Waals surface area contributed by atoms with Crippen LogP contribution in [0.5, 0.6) is 0 Å². The molecule has 0 unspecified atom stereocenters. The summed E-state index contributed by atoms with van der Waals surface area (Å²) >= 11 is 0. The largest absolute Gasteiger partial charge is 0.356 e. The third-order valence-electron chi connectivity index (χ3n) is 3.36. The molecule has 1 N–H and O–H groups in total. The molecule has 0 aliphatic heterocycles. The van der Waals surface area contributed by atoms with Crippen LogP contribution in [0.2, 0.25) is 0 Å². The first-order valence-corrected chi connectivity index (χ1v) is 8.08. The van der Waals surface area contributed by atoms with Crippen molar-refractivity contribution < 1.29 is 4.79 Å². The van der Waals surface area contributed by atoms with E-state index in [1.165, 1.54) is 44.9 Å². The van der Waals surface area contributed by atoms with Gasteiger partial charge in [-0.3, -0.25) is 4.79 Å². The number of hydrogen-bond donors (Lipinski definition) is 1. The van der Waals surface area contributed by atoms with Crippen molar-refractivity contribution in [2.75, 3.05) is 27.2 Å². The van der Waals surface area contributed by atoms with E-state index < -0.39 is 0 Å². The number of rotatable bonds is 13. The highest BCUT2D eigenvalue weighted by molar-refractivity contribution is 5.75. The van der Waals surface area contributed by atoms with Crippen LogP contribution in [0.4, 0.5) is 0 Å². The molecule has 0 aliphatic rings. The highest BCUT2D eigenvalue weighted by Crippen LogP contribution is 2.07. The van der Waals surface area contributed by atoms with E-state index in [0.29, 0.717) is 6.42 Å². The summed E-state index contributed by atoms with van der Waals surface area (Å²) < 4.78 is 0. The molecule has 0 rings (SSSR count). The minimum atomic E-state index is 0.213. The average molecular weight is 270 g/mol. The molecule has 0 spiro atoms. The van der Waals surface area contributed by atoms with Crippen LogP contribution in [0.25, 0.3) is 0 Å². The maximum Gasteiger partial charge on any atom is 0.220 e. The Balaban J connectivity index is 3.14. The highest BCUT2D eigenvalue weighted by atomic mass is 16.1. The Labute approximate surface area is 120 Å². The summed E-state index contributed by atoms with van der Waals surface area (Å²) in [7, 11) is 4.08. The van der Waals surface area contributed by atoms with Gasteiger partial charge in [-0.2, -0.15) is 0 Å². The van der Waals surface area contributed by atoms with Gasteiger partial charge in [-0.05, 0) is 33.5 Å². The summed E-state index contributed by atoms with van der Waals surface area (Å²) in [5, 5.41) is 3.01. The number of carbonyl (C=O) groups is 1. The van der Waals surface area contributed by atoms with E-state index in [0.717, 1.165) is 25.9 Å². The lowest BCUT2D eigenvalue weighted by atomic mass is 10.1. The summed E-state index contributed by atoms with van der Waals surface area (Å²) in [5.41, 5.74) is 0. The molecule has 3 nitrogen and oxygen atoms in total. The van der Waals surface area contributed by atoms with Crippen LogP contribution < -0.4 is 5.32 Å². The fraction of sp³-hybridized carbons (Fsp3) is 0.938. The second-order valence-corrected chi connectivity index (χ2v) is 5.73. The van der Waals surface area contributed by atoms with Crippen molar-refractivity contribution in [1.82, 2.24) is 10.2 Å². The van der Waals surface area contributed by atoms with Crippen LogP contribution in [0.3, 0.4) is 0 Å². The molecule has 0 bridgehead atoms. The van der Waals surface area contributed by atoms with E-state index in [-0.39, 0.29) is 5.91 Å². The number of nitrogens with one attached hydrogen (secondary N) is 1. The minimum absolute atomic E-state index is 0.213. The van der Waals surface area contributed by atoms with Crippen LogP contribution >= 0.6 is 0 Å². The first-order valence-electron chi connectivity index (χ1n) is 8.08.